The van der Waals surface area contributed by atoms with E-state index < -0.39 is 23.5 Å². The molecule has 0 aliphatic heterocycles. The number of amides is 2. The number of carboxylic acids is 1. The summed E-state index contributed by atoms with van der Waals surface area (Å²) in [5.74, 6) is -1.51. The number of aliphatic carboxylic acids is 1. The van der Waals surface area contributed by atoms with Gasteiger partial charge in [-0.05, 0) is 67.2 Å². The van der Waals surface area contributed by atoms with Crippen LogP contribution in [0.1, 0.15) is 56.1 Å². The molecule has 3 aliphatic rings. The number of fused-ring (bicyclic) bond motifs is 3. The Labute approximate surface area is 198 Å². The molecule has 2 fully saturated rings. The van der Waals surface area contributed by atoms with E-state index in [4.69, 9.17) is 4.74 Å². The lowest BCUT2D eigenvalue weighted by Crippen LogP contribution is -2.60. The first kappa shape index (κ1) is 22.4. The Bertz CT molecular complexity index is 1080. The van der Waals surface area contributed by atoms with Gasteiger partial charge in [0, 0.05) is 12.0 Å². The van der Waals surface area contributed by atoms with Gasteiger partial charge in [-0.2, -0.15) is 0 Å². The maximum atomic E-state index is 13.2. The normalized spacial score (nSPS) is 22.9. The van der Waals surface area contributed by atoms with Crippen LogP contribution in [0.25, 0.3) is 11.1 Å². The highest BCUT2D eigenvalue weighted by atomic mass is 16.5. The molecule has 34 heavy (non-hydrogen) atoms. The summed E-state index contributed by atoms with van der Waals surface area (Å²) in [6.45, 7) is 1.93. The van der Waals surface area contributed by atoms with E-state index in [1.807, 2.05) is 24.3 Å². The van der Waals surface area contributed by atoms with Crippen molar-refractivity contribution >= 4 is 18.0 Å². The van der Waals surface area contributed by atoms with Gasteiger partial charge in [-0.25, -0.2) is 4.79 Å². The molecule has 178 valence electrons. The molecule has 2 aromatic carbocycles. The Morgan fingerprint density at radius 3 is 2.15 bits per heavy atom. The van der Waals surface area contributed by atoms with Crippen molar-refractivity contribution in [2.75, 3.05) is 6.61 Å². The average molecular weight is 463 g/mol. The third kappa shape index (κ3) is 4.15. The second-order valence-electron chi connectivity index (χ2n) is 9.95. The van der Waals surface area contributed by atoms with Gasteiger partial charge >= 0.3 is 12.1 Å². The van der Waals surface area contributed by atoms with Crippen molar-refractivity contribution in [1.29, 1.82) is 0 Å². The monoisotopic (exact) mass is 462 g/mol. The number of carbonyl (C=O) groups excluding carboxylic acids is 2. The zero-order valence-electron chi connectivity index (χ0n) is 19.3. The molecule has 3 N–H and O–H groups in total. The topological polar surface area (TPSA) is 105 Å². The molecule has 2 amide bonds. The highest BCUT2D eigenvalue weighted by Crippen LogP contribution is 2.45. The minimum absolute atomic E-state index is 0.0460. The van der Waals surface area contributed by atoms with Crippen molar-refractivity contribution < 1.29 is 24.2 Å². The first-order chi connectivity index (χ1) is 16.4. The van der Waals surface area contributed by atoms with Crippen molar-refractivity contribution in [2.24, 2.45) is 11.8 Å². The molecule has 0 aromatic heterocycles. The molecule has 7 heteroatoms. The number of rotatable bonds is 7. The minimum atomic E-state index is -1.08. The summed E-state index contributed by atoms with van der Waals surface area (Å²) in [4.78, 5) is 37.3. The fourth-order valence-corrected chi connectivity index (χ4v) is 5.52. The van der Waals surface area contributed by atoms with Gasteiger partial charge in [-0.3, -0.25) is 9.59 Å². The summed E-state index contributed by atoms with van der Waals surface area (Å²) in [7, 11) is 0. The van der Waals surface area contributed by atoms with Gasteiger partial charge in [0.05, 0.1) is 5.92 Å². The molecule has 0 saturated heterocycles. The van der Waals surface area contributed by atoms with Crippen LogP contribution in [0, 0.1) is 11.8 Å². The lowest BCUT2D eigenvalue weighted by Gasteiger charge is -2.31. The molecule has 0 bridgehead atoms. The third-order valence-electron chi connectivity index (χ3n) is 7.69. The van der Waals surface area contributed by atoms with Gasteiger partial charge in [0.15, 0.2) is 0 Å². The van der Waals surface area contributed by atoms with Crippen LogP contribution in [0.15, 0.2) is 48.5 Å². The molecule has 3 aliphatic carbocycles. The summed E-state index contributed by atoms with van der Waals surface area (Å²) >= 11 is 0. The van der Waals surface area contributed by atoms with Gasteiger partial charge in [0.2, 0.25) is 5.91 Å². The molecule has 0 spiro atoms. The van der Waals surface area contributed by atoms with Crippen LogP contribution < -0.4 is 10.6 Å². The number of nitrogens with one attached hydrogen (secondary N) is 2. The van der Waals surface area contributed by atoms with Crippen molar-refractivity contribution in [3.8, 4) is 11.1 Å². The fourth-order valence-electron chi connectivity index (χ4n) is 5.52. The van der Waals surface area contributed by atoms with Crippen molar-refractivity contribution in [2.45, 2.75) is 56.5 Å². The number of hydrogen-bond acceptors (Lipinski definition) is 4. The molecule has 0 heterocycles. The summed E-state index contributed by atoms with van der Waals surface area (Å²) in [5.41, 5.74) is 3.50. The SMILES string of the molecule is CC(NC(=O)OCC1c2ccccc2-c2ccccc21)(C(=O)NC1CCC(C(=O)O)C1)C1CC1. The Kier molecular flexibility index (Phi) is 5.80. The molecule has 3 unspecified atom stereocenters. The number of carboxylic acid groups (broad SMARTS) is 1. The Morgan fingerprint density at radius 1 is 0.971 bits per heavy atom. The highest BCUT2D eigenvalue weighted by Gasteiger charge is 2.49. The van der Waals surface area contributed by atoms with Gasteiger partial charge < -0.3 is 20.5 Å². The maximum absolute atomic E-state index is 13.2. The molecule has 5 rings (SSSR count). The van der Waals surface area contributed by atoms with Crippen LogP contribution in [-0.2, 0) is 14.3 Å². The molecule has 0 radical (unpaired) electrons. The lowest BCUT2D eigenvalue weighted by molar-refractivity contribution is -0.141. The van der Waals surface area contributed by atoms with Crippen LogP contribution in [-0.4, -0.2) is 41.3 Å². The van der Waals surface area contributed by atoms with Crippen LogP contribution in [0.4, 0.5) is 4.79 Å². The smallest absolute Gasteiger partial charge is 0.408 e. The molecule has 7 nitrogen and oxygen atoms in total. The summed E-state index contributed by atoms with van der Waals surface area (Å²) in [5, 5.41) is 15.1. The second kappa shape index (κ2) is 8.78. The Morgan fingerprint density at radius 2 is 1.59 bits per heavy atom. The quantitative estimate of drug-likeness (QED) is 0.576. The molecule has 2 saturated carbocycles. The number of alkyl carbamates (subject to hydrolysis) is 1. The third-order valence-corrected chi connectivity index (χ3v) is 7.69. The number of hydrogen-bond donors (Lipinski definition) is 3. The predicted molar refractivity (Wildman–Crippen MR) is 126 cm³/mol. The van der Waals surface area contributed by atoms with Gasteiger partial charge in [0.1, 0.15) is 12.1 Å². The van der Waals surface area contributed by atoms with Gasteiger partial charge in [0.25, 0.3) is 0 Å². The first-order valence-electron chi connectivity index (χ1n) is 12.0. The van der Waals surface area contributed by atoms with E-state index in [-0.39, 0.29) is 30.4 Å². The summed E-state index contributed by atoms with van der Waals surface area (Å²) < 4.78 is 5.67. The first-order valence-corrected chi connectivity index (χ1v) is 12.0. The van der Waals surface area contributed by atoms with Crippen molar-refractivity contribution in [3.05, 3.63) is 59.7 Å². The van der Waals surface area contributed by atoms with Crippen molar-refractivity contribution in [1.82, 2.24) is 10.6 Å². The number of ether oxygens (including phenoxy) is 1. The van der Waals surface area contributed by atoms with Crippen LogP contribution >= 0.6 is 0 Å². The van der Waals surface area contributed by atoms with Crippen LogP contribution in [0.3, 0.4) is 0 Å². The predicted octanol–water partition coefficient (Wildman–Crippen LogP) is 4.06. The summed E-state index contributed by atoms with van der Waals surface area (Å²) in [6.07, 6.45) is 2.72. The van der Waals surface area contributed by atoms with E-state index in [0.29, 0.717) is 19.3 Å². The Balaban J connectivity index is 1.23. The lowest BCUT2D eigenvalue weighted by atomic mass is 9.94. The summed E-state index contributed by atoms with van der Waals surface area (Å²) in [6, 6.07) is 16.1. The maximum Gasteiger partial charge on any atom is 0.408 e. The fraction of sp³-hybridized carbons (Fsp3) is 0.444. The van der Waals surface area contributed by atoms with Gasteiger partial charge in [-0.1, -0.05) is 48.5 Å². The van der Waals surface area contributed by atoms with Crippen LogP contribution in [0.2, 0.25) is 0 Å². The molecule has 2 aromatic rings. The van der Waals surface area contributed by atoms with Gasteiger partial charge in [-0.15, -0.1) is 0 Å². The van der Waals surface area contributed by atoms with E-state index in [9.17, 15) is 19.5 Å². The van der Waals surface area contributed by atoms with E-state index in [1.54, 1.807) is 6.92 Å². The van der Waals surface area contributed by atoms with E-state index in [1.165, 1.54) is 0 Å². The largest absolute Gasteiger partial charge is 0.481 e. The van der Waals surface area contributed by atoms with E-state index in [0.717, 1.165) is 35.1 Å². The molecular weight excluding hydrogens is 432 g/mol. The minimum Gasteiger partial charge on any atom is -0.481 e. The number of carbonyl (C=O) groups is 3. The Hall–Kier alpha value is -3.35. The van der Waals surface area contributed by atoms with E-state index in [2.05, 4.69) is 34.9 Å². The second-order valence-corrected chi connectivity index (χ2v) is 9.95. The standard InChI is InChI=1S/C27H30N2O5/c1-27(17-11-12-17,25(32)28-18-13-10-16(14-18)24(30)31)29-26(33)34-15-23-21-8-4-2-6-19(21)20-7-3-5-9-22(20)23/h2-9,16-18,23H,10-15H2,1H3,(H,28,32)(H,29,33)(H,30,31). The number of benzene rings is 2. The average Bonchev–Trinajstić information content (AvgIpc) is 3.51. The molecular formula is C27H30N2O5. The van der Waals surface area contributed by atoms with E-state index >= 15 is 0 Å². The molecule has 3 atom stereocenters. The zero-order valence-corrected chi connectivity index (χ0v) is 19.3. The van der Waals surface area contributed by atoms with Crippen LogP contribution in [0.5, 0.6) is 0 Å². The highest BCUT2D eigenvalue weighted by molar-refractivity contribution is 5.90. The van der Waals surface area contributed by atoms with Crippen molar-refractivity contribution in [3.63, 3.8) is 0 Å². The zero-order chi connectivity index (χ0) is 23.9.